The average molecular weight is 279 g/mol. The van der Waals surface area contributed by atoms with Crippen molar-refractivity contribution in [3.63, 3.8) is 0 Å². The SMILES string of the molecule is Cc1cccnc1.Cc1cccnc1.Cc1cccnc1. The van der Waals surface area contributed by atoms with Crippen LogP contribution in [-0.2, 0) is 0 Å². The minimum Gasteiger partial charge on any atom is -0.264 e. The number of aryl methyl sites for hydroxylation is 3. The summed E-state index contributed by atoms with van der Waals surface area (Å²) in [6, 6.07) is 11.8. The van der Waals surface area contributed by atoms with Gasteiger partial charge in [-0.25, -0.2) is 0 Å². The van der Waals surface area contributed by atoms with E-state index < -0.39 is 0 Å². The van der Waals surface area contributed by atoms with E-state index in [2.05, 4.69) is 15.0 Å². The molecule has 0 N–H and O–H groups in total. The molecule has 21 heavy (non-hydrogen) atoms. The van der Waals surface area contributed by atoms with Gasteiger partial charge >= 0.3 is 0 Å². The smallest absolute Gasteiger partial charge is 0.0297 e. The largest absolute Gasteiger partial charge is 0.264 e. The first-order chi connectivity index (χ1) is 10.2. The Bertz CT molecular complexity index is 491. The van der Waals surface area contributed by atoms with Gasteiger partial charge < -0.3 is 0 Å². The summed E-state index contributed by atoms with van der Waals surface area (Å²) in [5.74, 6) is 0. The zero-order valence-corrected chi connectivity index (χ0v) is 12.8. The van der Waals surface area contributed by atoms with Gasteiger partial charge in [-0.3, -0.25) is 15.0 Å². The van der Waals surface area contributed by atoms with Crippen LogP contribution in [0.1, 0.15) is 16.7 Å². The highest BCUT2D eigenvalue weighted by Crippen LogP contribution is 1.89. The molecule has 0 aliphatic heterocycles. The summed E-state index contributed by atoms with van der Waals surface area (Å²) in [6.45, 7) is 6.06. The minimum atomic E-state index is 1.21. The molecule has 0 aromatic carbocycles. The maximum absolute atomic E-state index is 3.88. The Labute approximate surface area is 126 Å². The quantitative estimate of drug-likeness (QED) is 0.620. The van der Waals surface area contributed by atoms with Crippen LogP contribution in [0, 0.1) is 20.8 Å². The molecule has 3 heterocycles. The van der Waals surface area contributed by atoms with E-state index in [0.29, 0.717) is 0 Å². The monoisotopic (exact) mass is 279 g/mol. The molecular formula is C18H21N3. The second kappa shape index (κ2) is 10.3. The Morgan fingerprint density at radius 2 is 0.810 bits per heavy atom. The van der Waals surface area contributed by atoms with Crippen LogP contribution in [0.15, 0.2) is 73.6 Å². The molecule has 3 aromatic rings. The lowest BCUT2D eigenvalue weighted by molar-refractivity contribution is 1.27. The van der Waals surface area contributed by atoms with Crippen LogP contribution in [-0.4, -0.2) is 15.0 Å². The molecule has 3 aromatic heterocycles. The van der Waals surface area contributed by atoms with E-state index in [1.54, 1.807) is 18.6 Å². The van der Waals surface area contributed by atoms with Crippen LogP contribution >= 0.6 is 0 Å². The van der Waals surface area contributed by atoms with Crippen LogP contribution in [0.5, 0.6) is 0 Å². The van der Waals surface area contributed by atoms with E-state index in [9.17, 15) is 0 Å². The molecule has 108 valence electrons. The first-order valence-electron chi connectivity index (χ1n) is 6.78. The third-order valence-corrected chi connectivity index (χ3v) is 2.43. The predicted molar refractivity (Wildman–Crippen MR) is 86.9 cm³/mol. The van der Waals surface area contributed by atoms with Crippen molar-refractivity contribution in [1.29, 1.82) is 0 Å². The van der Waals surface area contributed by atoms with E-state index in [0.717, 1.165) is 0 Å². The second-order valence-corrected chi connectivity index (χ2v) is 4.59. The van der Waals surface area contributed by atoms with Gasteiger partial charge in [-0.1, -0.05) is 18.2 Å². The Hall–Kier alpha value is -2.55. The van der Waals surface area contributed by atoms with Crippen molar-refractivity contribution in [2.75, 3.05) is 0 Å². The van der Waals surface area contributed by atoms with Gasteiger partial charge in [0.25, 0.3) is 0 Å². The van der Waals surface area contributed by atoms with Crippen molar-refractivity contribution < 1.29 is 0 Å². The van der Waals surface area contributed by atoms with Crippen LogP contribution in [0.25, 0.3) is 0 Å². The van der Waals surface area contributed by atoms with Gasteiger partial charge in [-0.05, 0) is 55.7 Å². The standard InChI is InChI=1S/3C6H7N/c3*1-6-3-2-4-7-5-6/h3*2-5H,1H3. The fourth-order valence-corrected chi connectivity index (χ4v) is 1.34. The van der Waals surface area contributed by atoms with Gasteiger partial charge in [-0.2, -0.15) is 0 Å². The molecule has 3 nitrogen and oxygen atoms in total. The summed E-state index contributed by atoms with van der Waals surface area (Å²) in [4.78, 5) is 11.7. The highest BCUT2D eigenvalue weighted by molar-refractivity contribution is 5.05. The molecule has 0 amide bonds. The summed E-state index contributed by atoms with van der Waals surface area (Å²) >= 11 is 0. The number of pyridine rings is 3. The lowest BCUT2D eigenvalue weighted by Crippen LogP contribution is -1.69. The Kier molecular flexibility index (Phi) is 8.07. The zero-order valence-electron chi connectivity index (χ0n) is 12.8. The van der Waals surface area contributed by atoms with Crippen LogP contribution in [0.2, 0.25) is 0 Å². The van der Waals surface area contributed by atoms with Crippen LogP contribution in [0.3, 0.4) is 0 Å². The first-order valence-corrected chi connectivity index (χ1v) is 6.78. The molecule has 0 atom stereocenters. The fraction of sp³-hybridized carbons (Fsp3) is 0.167. The number of rotatable bonds is 0. The number of nitrogens with zero attached hydrogens (tertiary/aromatic N) is 3. The highest BCUT2D eigenvalue weighted by Gasteiger charge is 1.74. The van der Waals surface area contributed by atoms with Gasteiger partial charge in [0.05, 0.1) is 0 Å². The summed E-state index contributed by atoms with van der Waals surface area (Å²) in [5, 5.41) is 0. The zero-order chi connectivity index (χ0) is 15.3. The Morgan fingerprint density at radius 1 is 0.524 bits per heavy atom. The molecular weight excluding hydrogens is 258 g/mol. The normalized spacial score (nSPS) is 8.71. The molecule has 0 unspecified atom stereocenters. The Morgan fingerprint density at radius 3 is 0.905 bits per heavy atom. The molecule has 3 heteroatoms. The first kappa shape index (κ1) is 16.5. The third kappa shape index (κ3) is 9.05. The fourth-order valence-electron chi connectivity index (χ4n) is 1.34. The van der Waals surface area contributed by atoms with Gasteiger partial charge in [0.2, 0.25) is 0 Å². The van der Waals surface area contributed by atoms with Crippen molar-refractivity contribution in [2.24, 2.45) is 0 Å². The van der Waals surface area contributed by atoms with Gasteiger partial charge in [-0.15, -0.1) is 0 Å². The third-order valence-electron chi connectivity index (χ3n) is 2.43. The summed E-state index contributed by atoms with van der Waals surface area (Å²) < 4.78 is 0. The Balaban J connectivity index is 0.000000157. The second-order valence-electron chi connectivity index (χ2n) is 4.59. The van der Waals surface area contributed by atoms with Crippen LogP contribution in [0.4, 0.5) is 0 Å². The predicted octanol–water partition coefficient (Wildman–Crippen LogP) is 4.17. The van der Waals surface area contributed by atoms with E-state index in [1.165, 1.54) is 16.7 Å². The van der Waals surface area contributed by atoms with Crippen molar-refractivity contribution in [3.05, 3.63) is 90.3 Å². The van der Waals surface area contributed by atoms with E-state index in [4.69, 9.17) is 0 Å². The molecule has 0 aliphatic carbocycles. The maximum atomic E-state index is 3.88. The number of aromatic nitrogens is 3. The lowest BCUT2D eigenvalue weighted by Gasteiger charge is -1.82. The molecule has 0 radical (unpaired) electrons. The molecule has 0 saturated carbocycles. The van der Waals surface area contributed by atoms with Crippen LogP contribution < -0.4 is 0 Å². The van der Waals surface area contributed by atoms with E-state index in [1.807, 2.05) is 75.8 Å². The highest BCUT2D eigenvalue weighted by atomic mass is 14.6. The molecule has 0 aliphatic rings. The van der Waals surface area contributed by atoms with Gasteiger partial charge in [0.1, 0.15) is 0 Å². The topological polar surface area (TPSA) is 38.7 Å². The van der Waals surface area contributed by atoms with Crippen molar-refractivity contribution in [1.82, 2.24) is 15.0 Å². The van der Waals surface area contributed by atoms with E-state index >= 15 is 0 Å². The minimum absolute atomic E-state index is 1.21. The molecule has 0 spiro atoms. The van der Waals surface area contributed by atoms with Gasteiger partial charge in [0, 0.05) is 37.2 Å². The number of hydrogen-bond acceptors (Lipinski definition) is 3. The summed E-state index contributed by atoms with van der Waals surface area (Å²) in [6.07, 6.45) is 10.8. The lowest BCUT2D eigenvalue weighted by atomic mass is 10.3. The molecule has 0 bridgehead atoms. The van der Waals surface area contributed by atoms with Crippen molar-refractivity contribution >= 4 is 0 Å². The molecule has 0 fully saturated rings. The van der Waals surface area contributed by atoms with E-state index in [-0.39, 0.29) is 0 Å². The summed E-state index contributed by atoms with van der Waals surface area (Å²) in [7, 11) is 0. The summed E-state index contributed by atoms with van der Waals surface area (Å²) in [5.41, 5.74) is 3.63. The maximum Gasteiger partial charge on any atom is 0.0297 e. The molecule has 3 rings (SSSR count). The molecule has 0 saturated heterocycles. The van der Waals surface area contributed by atoms with Crippen molar-refractivity contribution in [3.8, 4) is 0 Å². The van der Waals surface area contributed by atoms with Gasteiger partial charge in [0.15, 0.2) is 0 Å². The number of hydrogen-bond donors (Lipinski definition) is 0. The average Bonchev–Trinajstić information content (AvgIpc) is 2.51. The van der Waals surface area contributed by atoms with Crippen molar-refractivity contribution in [2.45, 2.75) is 20.8 Å².